The highest BCUT2D eigenvalue weighted by Crippen LogP contribution is 2.24. The predicted molar refractivity (Wildman–Crippen MR) is 78.4 cm³/mol. The lowest BCUT2D eigenvalue weighted by Crippen LogP contribution is -2.09. The minimum absolute atomic E-state index is 0.0778. The molecule has 4 nitrogen and oxygen atoms in total. The molecule has 1 aromatic heterocycles. The van der Waals surface area contributed by atoms with Crippen molar-refractivity contribution in [3.63, 3.8) is 0 Å². The summed E-state index contributed by atoms with van der Waals surface area (Å²) in [7, 11) is 1.52. The van der Waals surface area contributed by atoms with Crippen LogP contribution in [0.1, 0.15) is 24.1 Å². The number of ether oxygens (including phenoxy) is 1. The summed E-state index contributed by atoms with van der Waals surface area (Å²) in [6, 6.07) is 8.59. The Kier molecular flexibility index (Phi) is 4.08. The zero-order valence-electron chi connectivity index (χ0n) is 11.8. The van der Waals surface area contributed by atoms with Gasteiger partial charge in [0.15, 0.2) is 0 Å². The maximum atomic E-state index is 13.6. The lowest BCUT2D eigenvalue weighted by atomic mass is 10.1. The van der Waals surface area contributed by atoms with Gasteiger partial charge < -0.3 is 15.8 Å². The van der Waals surface area contributed by atoms with E-state index in [0.29, 0.717) is 22.9 Å². The number of rotatable bonds is 4. The zero-order chi connectivity index (χ0) is 14.7. The van der Waals surface area contributed by atoms with Gasteiger partial charge in [0.25, 0.3) is 0 Å². The van der Waals surface area contributed by atoms with E-state index < -0.39 is 0 Å². The Labute approximate surface area is 117 Å². The van der Waals surface area contributed by atoms with E-state index in [1.54, 1.807) is 25.1 Å². The van der Waals surface area contributed by atoms with Gasteiger partial charge in [-0.25, -0.2) is 4.39 Å². The van der Waals surface area contributed by atoms with Crippen LogP contribution in [0.3, 0.4) is 0 Å². The highest BCUT2D eigenvalue weighted by Gasteiger charge is 2.10. The molecule has 0 saturated carbocycles. The summed E-state index contributed by atoms with van der Waals surface area (Å²) in [5.41, 5.74) is 7.68. The van der Waals surface area contributed by atoms with Gasteiger partial charge in [0, 0.05) is 0 Å². The predicted octanol–water partition coefficient (Wildman–Crippen LogP) is 3.29. The third kappa shape index (κ3) is 2.99. The molecule has 1 unspecified atom stereocenters. The number of pyridine rings is 1. The average Bonchev–Trinajstić information content (AvgIpc) is 2.43. The van der Waals surface area contributed by atoms with Crippen LogP contribution in [0.25, 0.3) is 0 Å². The minimum Gasteiger partial charge on any atom is -0.479 e. The van der Waals surface area contributed by atoms with Crippen LogP contribution in [0, 0.1) is 12.7 Å². The van der Waals surface area contributed by atoms with E-state index in [0.717, 1.165) is 5.56 Å². The Morgan fingerprint density at radius 2 is 2.05 bits per heavy atom. The van der Waals surface area contributed by atoms with Crippen LogP contribution in [-0.4, -0.2) is 12.1 Å². The average molecular weight is 275 g/mol. The second-order valence-corrected chi connectivity index (χ2v) is 4.67. The number of methoxy groups -OCH3 is 1. The van der Waals surface area contributed by atoms with E-state index in [1.807, 2.05) is 13.0 Å². The molecule has 0 bridgehead atoms. The fraction of sp³-hybridized carbons (Fsp3) is 0.267. The van der Waals surface area contributed by atoms with Gasteiger partial charge in [0.2, 0.25) is 5.88 Å². The Hall–Kier alpha value is -2.30. The van der Waals surface area contributed by atoms with Crippen LogP contribution < -0.4 is 15.8 Å². The molecule has 1 atom stereocenters. The molecule has 3 N–H and O–H groups in total. The van der Waals surface area contributed by atoms with Gasteiger partial charge >= 0.3 is 0 Å². The molecule has 1 heterocycles. The molecule has 0 spiro atoms. The maximum Gasteiger partial charge on any atom is 0.238 e. The topological polar surface area (TPSA) is 60.2 Å². The Morgan fingerprint density at radius 1 is 1.30 bits per heavy atom. The zero-order valence-corrected chi connectivity index (χ0v) is 11.8. The molecule has 5 heteroatoms. The number of benzene rings is 1. The molecule has 0 aliphatic rings. The first-order valence-electron chi connectivity index (χ1n) is 6.34. The smallest absolute Gasteiger partial charge is 0.238 e. The van der Waals surface area contributed by atoms with Crippen LogP contribution in [0.4, 0.5) is 15.9 Å². The van der Waals surface area contributed by atoms with Crippen molar-refractivity contribution in [2.24, 2.45) is 0 Å². The van der Waals surface area contributed by atoms with E-state index in [4.69, 9.17) is 10.5 Å². The van der Waals surface area contributed by atoms with Gasteiger partial charge in [-0.1, -0.05) is 12.1 Å². The number of hydrogen-bond donors (Lipinski definition) is 2. The minimum atomic E-state index is -0.209. The third-order valence-electron chi connectivity index (χ3n) is 3.14. The fourth-order valence-corrected chi connectivity index (χ4v) is 1.88. The molecule has 0 saturated heterocycles. The van der Waals surface area contributed by atoms with E-state index in [-0.39, 0.29) is 11.9 Å². The van der Waals surface area contributed by atoms with Crippen LogP contribution in [-0.2, 0) is 0 Å². The van der Waals surface area contributed by atoms with E-state index >= 15 is 0 Å². The molecule has 0 aliphatic heterocycles. The Morgan fingerprint density at radius 3 is 2.70 bits per heavy atom. The SMILES string of the molecule is COc1nc(NC(C)c2ccc(C)c(F)c2)ccc1N. The first-order chi connectivity index (χ1) is 9.51. The first kappa shape index (κ1) is 14.1. The number of halogens is 1. The molecule has 1 aromatic carbocycles. The van der Waals surface area contributed by atoms with Crippen LogP contribution in [0.15, 0.2) is 30.3 Å². The highest BCUT2D eigenvalue weighted by atomic mass is 19.1. The van der Waals surface area contributed by atoms with Crippen molar-refractivity contribution in [2.45, 2.75) is 19.9 Å². The normalized spacial score (nSPS) is 12.0. The molecular weight excluding hydrogens is 257 g/mol. The molecule has 20 heavy (non-hydrogen) atoms. The van der Waals surface area contributed by atoms with Crippen LogP contribution >= 0.6 is 0 Å². The molecule has 106 valence electrons. The number of aromatic nitrogens is 1. The lowest BCUT2D eigenvalue weighted by molar-refractivity contribution is 0.400. The summed E-state index contributed by atoms with van der Waals surface area (Å²) in [5, 5.41) is 3.19. The van der Waals surface area contributed by atoms with Crippen molar-refractivity contribution in [1.82, 2.24) is 4.98 Å². The number of nitrogen functional groups attached to an aromatic ring is 1. The molecule has 0 aliphatic carbocycles. The number of nitrogens with one attached hydrogen (secondary N) is 1. The fourth-order valence-electron chi connectivity index (χ4n) is 1.88. The summed E-state index contributed by atoms with van der Waals surface area (Å²) in [6.45, 7) is 3.68. The molecule has 0 amide bonds. The lowest BCUT2D eigenvalue weighted by Gasteiger charge is -2.16. The van der Waals surface area contributed by atoms with Crippen LogP contribution in [0.5, 0.6) is 5.88 Å². The van der Waals surface area contributed by atoms with Crippen molar-refractivity contribution >= 4 is 11.5 Å². The van der Waals surface area contributed by atoms with Gasteiger partial charge in [-0.3, -0.25) is 0 Å². The first-order valence-corrected chi connectivity index (χ1v) is 6.34. The van der Waals surface area contributed by atoms with Gasteiger partial charge in [-0.15, -0.1) is 0 Å². The number of hydrogen-bond acceptors (Lipinski definition) is 4. The summed E-state index contributed by atoms with van der Waals surface area (Å²) >= 11 is 0. The number of aryl methyl sites for hydroxylation is 1. The van der Waals surface area contributed by atoms with Crippen molar-refractivity contribution in [2.75, 3.05) is 18.2 Å². The van der Waals surface area contributed by atoms with Crippen molar-refractivity contribution in [3.8, 4) is 5.88 Å². The molecule has 2 aromatic rings. The Bertz CT molecular complexity index is 616. The van der Waals surface area contributed by atoms with Gasteiger partial charge in [-0.05, 0) is 43.2 Å². The molecule has 0 fully saturated rings. The number of nitrogens with two attached hydrogens (primary N) is 1. The number of anilines is 2. The second-order valence-electron chi connectivity index (χ2n) is 4.67. The molecule has 2 rings (SSSR count). The highest BCUT2D eigenvalue weighted by molar-refractivity contribution is 5.54. The van der Waals surface area contributed by atoms with Crippen LogP contribution in [0.2, 0.25) is 0 Å². The van der Waals surface area contributed by atoms with E-state index in [1.165, 1.54) is 13.2 Å². The summed E-state index contributed by atoms with van der Waals surface area (Å²) < 4.78 is 18.6. The van der Waals surface area contributed by atoms with Crippen molar-refractivity contribution in [3.05, 3.63) is 47.3 Å². The largest absolute Gasteiger partial charge is 0.479 e. The standard InChI is InChI=1S/C15H18FN3O/c1-9-4-5-11(8-12(9)16)10(2)18-14-7-6-13(17)15(19-14)20-3/h4-8,10H,17H2,1-3H3,(H,18,19). The van der Waals surface area contributed by atoms with E-state index in [9.17, 15) is 4.39 Å². The van der Waals surface area contributed by atoms with Gasteiger partial charge in [0.05, 0.1) is 18.8 Å². The Balaban J connectivity index is 2.18. The van der Waals surface area contributed by atoms with E-state index in [2.05, 4.69) is 10.3 Å². The second kappa shape index (κ2) is 5.77. The summed E-state index contributed by atoms with van der Waals surface area (Å²) in [5.74, 6) is 0.792. The quantitative estimate of drug-likeness (QED) is 0.899. The van der Waals surface area contributed by atoms with Gasteiger partial charge in [0.1, 0.15) is 11.6 Å². The monoisotopic (exact) mass is 275 g/mol. The number of nitrogens with zero attached hydrogens (tertiary/aromatic N) is 1. The maximum absolute atomic E-state index is 13.6. The van der Waals surface area contributed by atoms with Crippen molar-refractivity contribution in [1.29, 1.82) is 0 Å². The third-order valence-corrected chi connectivity index (χ3v) is 3.14. The summed E-state index contributed by atoms with van der Waals surface area (Å²) in [4.78, 5) is 4.24. The summed E-state index contributed by atoms with van der Waals surface area (Å²) in [6.07, 6.45) is 0. The van der Waals surface area contributed by atoms with Gasteiger partial charge in [-0.2, -0.15) is 4.98 Å². The molecular formula is C15H18FN3O. The van der Waals surface area contributed by atoms with Crippen molar-refractivity contribution < 1.29 is 9.13 Å². The molecule has 0 radical (unpaired) electrons.